The van der Waals surface area contributed by atoms with E-state index >= 15 is 0 Å². The van der Waals surface area contributed by atoms with Gasteiger partial charge in [0.1, 0.15) is 11.5 Å². The van der Waals surface area contributed by atoms with Crippen molar-refractivity contribution in [3.05, 3.63) is 84.3 Å². The molecular formula is C20H14F3NO3. The molecule has 3 rings (SSSR count). The third kappa shape index (κ3) is 5.24. The number of benzene rings is 2. The standard InChI is InChI=1S/C20H14F3NO3/c21-20(22,23)27-16-10-8-15(9-11-16)24-19(25)18(13-17-7-4-12-26-17)14-5-2-1-3-6-14/h1-13H,(H,24,25)/b18-13+. The molecule has 1 aromatic heterocycles. The number of carbonyl (C=O) groups excluding carboxylic acids is 1. The maximum Gasteiger partial charge on any atom is 0.573 e. The Hall–Kier alpha value is -3.48. The van der Waals surface area contributed by atoms with Crippen LogP contribution in [-0.2, 0) is 4.79 Å². The maximum atomic E-state index is 12.7. The molecule has 138 valence electrons. The van der Waals surface area contributed by atoms with Gasteiger partial charge >= 0.3 is 6.36 Å². The Labute approximate surface area is 152 Å². The van der Waals surface area contributed by atoms with Crippen LogP contribution in [0.2, 0.25) is 0 Å². The molecule has 0 bridgehead atoms. The van der Waals surface area contributed by atoms with Gasteiger partial charge in [-0.1, -0.05) is 30.3 Å². The first-order valence-electron chi connectivity index (χ1n) is 7.88. The van der Waals surface area contributed by atoms with Gasteiger partial charge in [0.15, 0.2) is 0 Å². The topological polar surface area (TPSA) is 51.5 Å². The van der Waals surface area contributed by atoms with Crippen molar-refractivity contribution in [2.75, 3.05) is 5.32 Å². The monoisotopic (exact) mass is 373 g/mol. The fourth-order valence-electron chi connectivity index (χ4n) is 2.35. The number of rotatable bonds is 5. The van der Waals surface area contributed by atoms with Crippen molar-refractivity contribution >= 4 is 23.2 Å². The number of amides is 1. The molecule has 27 heavy (non-hydrogen) atoms. The average molecular weight is 373 g/mol. The minimum atomic E-state index is -4.77. The first-order chi connectivity index (χ1) is 12.9. The molecule has 0 saturated heterocycles. The van der Waals surface area contributed by atoms with E-state index < -0.39 is 12.3 Å². The summed E-state index contributed by atoms with van der Waals surface area (Å²) in [6, 6.07) is 17.3. The Morgan fingerprint density at radius 1 is 0.963 bits per heavy atom. The Morgan fingerprint density at radius 3 is 2.26 bits per heavy atom. The van der Waals surface area contributed by atoms with Gasteiger partial charge in [0.05, 0.1) is 11.8 Å². The predicted molar refractivity (Wildman–Crippen MR) is 94.8 cm³/mol. The summed E-state index contributed by atoms with van der Waals surface area (Å²) in [5.74, 6) is -0.296. The highest BCUT2D eigenvalue weighted by atomic mass is 19.4. The molecule has 0 saturated carbocycles. The van der Waals surface area contributed by atoms with Gasteiger partial charge < -0.3 is 14.5 Å². The van der Waals surface area contributed by atoms with Crippen molar-refractivity contribution < 1.29 is 27.1 Å². The van der Waals surface area contributed by atoms with Gasteiger partial charge in [0.2, 0.25) is 0 Å². The molecule has 0 fully saturated rings. The molecule has 1 heterocycles. The first kappa shape index (κ1) is 18.3. The average Bonchev–Trinajstić information content (AvgIpc) is 3.14. The van der Waals surface area contributed by atoms with Gasteiger partial charge in [-0.05, 0) is 48.0 Å². The lowest BCUT2D eigenvalue weighted by Crippen LogP contribution is -2.17. The van der Waals surface area contributed by atoms with Gasteiger partial charge in [-0.3, -0.25) is 4.79 Å². The molecular weight excluding hydrogens is 359 g/mol. The minimum absolute atomic E-state index is 0.329. The molecule has 0 atom stereocenters. The van der Waals surface area contributed by atoms with Crippen LogP contribution in [0.5, 0.6) is 5.75 Å². The summed E-state index contributed by atoms with van der Waals surface area (Å²) in [5, 5.41) is 2.66. The molecule has 7 heteroatoms. The van der Waals surface area contributed by atoms with E-state index in [-0.39, 0.29) is 5.75 Å². The van der Waals surface area contributed by atoms with E-state index in [0.717, 1.165) is 12.1 Å². The maximum absolute atomic E-state index is 12.7. The molecule has 0 aliphatic carbocycles. The van der Waals surface area contributed by atoms with E-state index in [9.17, 15) is 18.0 Å². The first-order valence-corrected chi connectivity index (χ1v) is 7.88. The lowest BCUT2D eigenvalue weighted by Gasteiger charge is -2.11. The lowest BCUT2D eigenvalue weighted by atomic mass is 10.0. The van der Waals surface area contributed by atoms with Gasteiger partial charge in [0.25, 0.3) is 5.91 Å². The highest BCUT2D eigenvalue weighted by Gasteiger charge is 2.31. The number of ether oxygens (including phenoxy) is 1. The largest absolute Gasteiger partial charge is 0.573 e. The Morgan fingerprint density at radius 2 is 1.67 bits per heavy atom. The second-order valence-electron chi connectivity index (χ2n) is 5.47. The zero-order valence-corrected chi connectivity index (χ0v) is 13.9. The van der Waals surface area contributed by atoms with Crippen molar-refractivity contribution in [2.45, 2.75) is 6.36 Å². The van der Waals surface area contributed by atoms with Crippen LogP contribution in [0.4, 0.5) is 18.9 Å². The van der Waals surface area contributed by atoms with E-state index in [2.05, 4.69) is 10.1 Å². The summed E-state index contributed by atoms with van der Waals surface area (Å²) >= 11 is 0. The Bertz CT molecular complexity index is 915. The van der Waals surface area contributed by atoms with Crippen LogP contribution in [0, 0.1) is 0 Å². The van der Waals surface area contributed by atoms with Crippen molar-refractivity contribution in [2.24, 2.45) is 0 Å². The van der Waals surface area contributed by atoms with Crippen LogP contribution >= 0.6 is 0 Å². The van der Waals surface area contributed by atoms with E-state index in [1.165, 1.54) is 18.4 Å². The van der Waals surface area contributed by atoms with Crippen molar-refractivity contribution in [1.82, 2.24) is 0 Å². The lowest BCUT2D eigenvalue weighted by molar-refractivity contribution is -0.274. The molecule has 2 aromatic carbocycles. The fraction of sp³-hybridized carbons (Fsp3) is 0.0500. The third-order valence-electron chi connectivity index (χ3n) is 3.50. The molecule has 0 spiro atoms. The Balaban J connectivity index is 1.81. The van der Waals surface area contributed by atoms with Gasteiger partial charge in [0, 0.05) is 5.69 Å². The zero-order valence-electron chi connectivity index (χ0n) is 13.9. The van der Waals surface area contributed by atoms with Crippen LogP contribution in [0.3, 0.4) is 0 Å². The van der Waals surface area contributed by atoms with E-state index in [1.54, 1.807) is 42.5 Å². The molecule has 3 aromatic rings. The van der Waals surface area contributed by atoms with Gasteiger partial charge in [-0.15, -0.1) is 13.2 Å². The Kier molecular flexibility index (Phi) is 5.30. The van der Waals surface area contributed by atoms with Crippen LogP contribution in [-0.4, -0.2) is 12.3 Å². The van der Waals surface area contributed by atoms with Crippen LogP contribution in [0.1, 0.15) is 11.3 Å². The number of nitrogens with one attached hydrogen (secondary N) is 1. The number of hydrogen-bond acceptors (Lipinski definition) is 3. The SMILES string of the molecule is O=C(Nc1ccc(OC(F)(F)F)cc1)/C(=C/c1ccco1)c1ccccc1. The van der Waals surface area contributed by atoms with Crippen LogP contribution < -0.4 is 10.1 Å². The molecule has 1 amide bonds. The molecule has 0 radical (unpaired) electrons. The summed E-state index contributed by atoms with van der Waals surface area (Å²) < 4.78 is 45.7. The highest BCUT2D eigenvalue weighted by Crippen LogP contribution is 2.25. The molecule has 0 aliphatic rings. The second-order valence-corrected chi connectivity index (χ2v) is 5.47. The number of hydrogen-bond donors (Lipinski definition) is 1. The van der Waals surface area contributed by atoms with Gasteiger partial charge in [-0.25, -0.2) is 0 Å². The van der Waals surface area contributed by atoms with Crippen molar-refractivity contribution in [3.8, 4) is 5.75 Å². The summed E-state index contributed by atoms with van der Waals surface area (Å²) in [7, 11) is 0. The summed E-state index contributed by atoms with van der Waals surface area (Å²) in [6.07, 6.45) is -1.69. The number of halogens is 3. The molecule has 0 aliphatic heterocycles. The highest BCUT2D eigenvalue weighted by molar-refractivity contribution is 6.29. The quantitative estimate of drug-likeness (QED) is 0.613. The molecule has 0 unspecified atom stereocenters. The zero-order chi connectivity index (χ0) is 19.3. The predicted octanol–water partition coefficient (Wildman–Crippen LogP) is 5.36. The second kappa shape index (κ2) is 7.82. The van der Waals surface area contributed by atoms with Crippen LogP contribution in [0.15, 0.2) is 77.4 Å². The summed E-state index contributed by atoms with van der Waals surface area (Å²) in [6.45, 7) is 0. The fourth-order valence-corrected chi connectivity index (χ4v) is 2.35. The third-order valence-corrected chi connectivity index (χ3v) is 3.50. The summed E-state index contributed by atoms with van der Waals surface area (Å²) in [4.78, 5) is 12.7. The van der Waals surface area contributed by atoms with Crippen molar-refractivity contribution in [3.63, 3.8) is 0 Å². The van der Waals surface area contributed by atoms with Gasteiger partial charge in [-0.2, -0.15) is 0 Å². The number of furan rings is 1. The van der Waals surface area contributed by atoms with E-state index in [4.69, 9.17) is 4.42 Å². The van der Waals surface area contributed by atoms with Crippen LogP contribution in [0.25, 0.3) is 11.6 Å². The van der Waals surface area contributed by atoms with E-state index in [1.807, 2.05) is 6.07 Å². The normalized spacial score (nSPS) is 11.9. The molecule has 4 nitrogen and oxygen atoms in total. The smallest absolute Gasteiger partial charge is 0.465 e. The number of alkyl halides is 3. The van der Waals surface area contributed by atoms with Crippen molar-refractivity contribution in [1.29, 1.82) is 0 Å². The minimum Gasteiger partial charge on any atom is -0.465 e. The number of carbonyl (C=O) groups is 1. The van der Waals surface area contributed by atoms with E-state index in [0.29, 0.717) is 22.6 Å². The summed E-state index contributed by atoms with van der Waals surface area (Å²) in [5.41, 5.74) is 1.35. The molecule has 1 N–H and O–H groups in total. The number of anilines is 1.